The minimum Gasteiger partial charge on any atom is -0.459 e. The predicted molar refractivity (Wildman–Crippen MR) is 116 cm³/mol. The van der Waals surface area contributed by atoms with Crippen LogP contribution in [-0.2, 0) is 22.6 Å². The van der Waals surface area contributed by atoms with Gasteiger partial charge in [-0.05, 0) is 50.6 Å². The number of hydrogen-bond acceptors (Lipinski definition) is 6. The van der Waals surface area contributed by atoms with Crippen molar-refractivity contribution < 1.29 is 14.3 Å². The van der Waals surface area contributed by atoms with E-state index in [1.54, 1.807) is 43.0 Å². The van der Waals surface area contributed by atoms with Crippen LogP contribution in [0.25, 0.3) is 11.4 Å². The van der Waals surface area contributed by atoms with E-state index in [4.69, 9.17) is 4.74 Å². The lowest BCUT2D eigenvalue weighted by molar-refractivity contribution is -0.134. The molecule has 0 atom stereocenters. The monoisotopic (exact) mass is 421 g/mol. The van der Waals surface area contributed by atoms with Crippen LogP contribution in [0.5, 0.6) is 0 Å². The zero-order valence-corrected chi connectivity index (χ0v) is 18.2. The van der Waals surface area contributed by atoms with Crippen molar-refractivity contribution >= 4 is 11.9 Å². The normalized spacial score (nSPS) is 11.0. The molecule has 0 aliphatic rings. The van der Waals surface area contributed by atoms with Crippen molar-refractivity contribution in [1.82, 2.24) is 25.1 Å². The molecule has 0 spiro atoms. The van der Waals surface area contributed by atoms with Gasteiger partial charge in [0.15, 0.2) is 0 Å². The molecule has 0 unspecified atom stereocenters. The van der Waals surface area contributed by atoms with Crippen LogP contribution in [-0.4, -0.2) is 49.1 Å². The Morgan fingerprint density at radius 3 is 2.45 bits per heavy atom. The number of nitrogens with zero attached hydrogens (tertiary/aromatic N) is 5. The summed E-state index contributed by atoms with van der Waals surface area (Å²) < 4.78 is 5.23. The van der Waals surface area contributed by atoms with Gasteiger partial charge in [0.25, 0.3) is 0 Å². The second-order valence-electron chi connectivity index (χ2n) is 7.78. The van der Waals surface area contributed by atoms with Crippen LogP contribution in [0.3, 0.4) is 0 Å². The number of esters is 1. The highest BCUT2D eigenvalue weighted by atomic mass is 16.5. The van der Waals surface area contributed by atoms with E-state index >= 15 is 0 Å². The highest BCUT2D eigenvalue weighted by Gasteiger charge is 2.19. The Balaban J connectivity index is 1.71. The van der Waals surface area contributed by atoms with Crippen LogP contribution in [0.15, 0.2) is 54.6 Å². The lowest BCUT2D eigenvalue weighted by atomic mass is 10.1. The number of ether oxygens (including phenoxy) is 1. The predicted octanol–water partition coefficient (Wildman–Crippen LogP) is 3.34. The van der Waals surface area contributed by atoms with Gasteiger partial charge in [0.05, 0.1) is 11.7 Å². The van der Waals surface area contributed by atoms with Crippen LogP contribution < -0.4 is 0 Å². The van der Waals surface area contributed by atoms with E-state index in [0.29, 0.717) is 23.5 Å². The second kappa shape index (κ2) is 9.97. The Labute approximate surface area is 181 Å². The summed E-state index contributed by atoms with van der Waals surface area (Å²) in [6.07, 6.45) is -0.207. The fourth-order valence-electron chi connectivity index (χ4n) is 3.04. The number of rotatable bonds is 8. The molecule has 1 amide bonds. The van der Waals surface area contributed by atoms with Gasteiger partial charge in [-0.25, -0.2) is 4.79 Å². The molecule has 0 aliphatic heterocycles. The van der Waals surface area contributed by atoms with E-state index in [2.05, 4.69) is 15.4 Å². The zero-order valence-electron chi connectivity index (χ0n) is 18.2. The van der Waals surface area contributed by atoms with Gasteiger partial charge in [0, 0.05) is 18.2 Å². The maximum absolute atomic E-state index is 12.9. The number of hydrogen-bond donors (Lipinski definition) is 0. The van der Waals surface area contributed by atoms with Crippen molar-refractivity contribution in [3.63, 3.8) is 0 Å². The fraction of sp³-hybridized carbons (Fsp3) is 0.348. The second-order valence-corrected chi connectivity index (χ2v) is 7.78. The average molecular weight is 422 g/mol. The SMILES string of the molecule is CC(C)OC(=O)c1cccc(-c2nnn(CC(=O)N(Cc3ccccc3)C(C)C)n2)c1. The molecule has 8 nitrogen and oxygen atoms in total. The first-order valence-electron chi connectivity index (χ1n) is 10.3. The largest absolute Gasteiger partial charge is 0.459 e. The van der Waals surface area contributed by atoms with Gasteiger partial charge in [-0.1, -0.05) is 42.5 Å². The first kappa shape index (κ1) is 22.1. The Kier molecular flexibility index (Phi) is 7.12. The quantitative estimate of drug-likeness (QED) is 0.518. The van der Waals surface area contributed by atoms with Crippen LogP contribution in [0.1, 0.15) is 43.6 Å². The first-order chi connectivity index (χ1) is 14.8. The molecule has 31 heavy (non-hydrogen) atoms. The number of carbonyl (C=O) groups is 2. The molecular formula is C23H27N5O3. The molecule has 0 radical (unpaired) electrons. The molecule has 3 rings (SSSR count). The van der Waals surface area contributed by atoms with Gasteiger partial charge in [-0.2, -0.15) is 4.80 Å². The highest BCUT2D eigenvalue weighted by molar-refractivity contribution is 5.90. The van der Waals surface area contributed by atoms with Crippen LogP contribution in [0, 0.1) is 0 Å². The van der Waals surface area contributed by atoms with Crippen molar-refractivity contribution in [2.24, 2.45) is 0 Å². The molecule has 8 heteroatoms. The van der Waals surface area contributed by atoms with E-state index in [1.165, 1.54) is 4.80 Å². The average Bonchev–Trinajstić information content (AvgIpc) is 3.20. The minimum atomic E-state index is -0.409. The molecule has 1 aromatic heterocycles. The van der Waals surface area contributed by atoms with Gasteiger partial charge < -0.3 is 9.64 Å². The number of benzene rings is 2. The molecule has 3 aromatic rings. The number of amides is 1. The van der Waals surface area contributed by atoms with Crippen molar-refractivity contribution in [2.75, 3.05) is 0 Å². The lowest BCUT2D eigenvalue weighted by Crippen LogP contribution is -2.39. The van der Waals surface area contributed by atoms with E-state index in [9.17, 15) is 9.59 Å². The van der Waals surface area contributed by atoms with Gasteiger partial charge in [-0.15, -0.1) is 10.2 Å². The van der Waals surface area contributed by atoms with Crippen molar-refractivity contribution in [3.05, 3.63) is 65.7 Å². The first-order valence-corrected chi connectivity index (χ1v) is 10.3. The third-order valence-corrected chi connectivity index (χ3v) is 4.57. The minimum absolute atomic E-state index is 0.0207. The molecule has 0 fully saturated rings. The summed E-state index contributed by atoms with van der Waals surface area (Å²) in [4.78, 5) is 28.1. The molecule has 0 N–H and O–H groups in total. The van der Waals surface area contributed by atoms with Gasteiger partial charge >= 0.3 is 5.97 Å². The summed E-state index contributed by atoms with van der Waals surface area (Å²) in [5, 5.41) is 12.4. The van der Waals surface area contributed by atoms with E-state index in [0.717, 1.165) is 5.56 Å². The lowest BCUT2D eigenvalue weighted by Gasteiger charge is -2.26. The third kappa shape index (κ3) is 5.97. The number of aromatic nitrogens is 4. The number of tetrazole rings is 1. The van der Waals surface area contributed by atoms with E-state index in [1.807, 2.05) is 44.2 Å². The summed E-state index contributed by atoms with van der Waals surface area (Å²) >= 11 is 0. The standard InChI is InChI=1S/C23H27N5O3/c1-16(2)27(14-18-9-6-5-7-10-18)21(29)15-28-25-22(24-26-28)19-11-8-12-20(13-19)23(30)31-17(3)4/h5-13,16-17H,14-15H2,1-4H3. The summed E-state index contributed by atoms with van der Waals surface area (Å²) in [7, 11) is 0. The molecule has 0 saturated carbocycles. The Morgan fingerprint density at radius 2 is 1.77 bits per heavy atom. The number of carbonyl (C=O) groups excluding carboxylic acids is 2. The van der Waals surface area contributed by atoms with Gasteiger partial charge in [-0.3, -0.25) is 4.79 Å². The highest BCUT2D eigenvalue weighted by Crippen LogP contribution is 2.17. The van der Waals surface area contributed by atoms with Crippen LogP contribution >= 0.6 is 0 Å². The van der Waals surface area contributed by atoms with Crippen molar-refractivity contribution in [2.45, 2.75) is 52.9 Å². The van der Waals surface area contributed by atoms with Crippen LogP contribution in [0.2, 0.25) is 0 Å². The molecule has 0 saturated heterocycles. The smallest absolute Gasteiger partial charge is 0.338 e. The van der Waals surface area contributed by atoms with Crippen LogP contribution in [0.4, 0.5) is 0 Å². The summed E-state index contributed by atoms with van der Waals surface area (Å²) in [5.41, 5.74) is 2.09. The Hall–Kier alpha value is -3.55. The van der Waals surface area contributed by atoms with Gasteiger partial charge in [0.1, 0.15) is 6.54 Å². The summed E-state index contributed by atoms with van der Waals surface area (Å²) in [5.74, 6) is -0.170. The topological polar surface area (TPSA) is 90.2 Å². The molecule has 1 heterocycles. The molecule has 162 valence electrons. The zero-order chi connectivity index (χ0) is 22.4. The fourth-order valence-corrected chi connectivity index (χ4v) is 3.04. The maximum Gasteiger partial charge on any atom is 0.338 e. The van der Waals surface area contributed by atoms with Crippen molar-refractivity contribution in [1.29, 1.82) is 0 Å². The van der Waals surface area contributed by atoms with E-state index < -0.39 is 5.97 Å². The molecule has 2 aromatic carbocycles. The molecule has 0 aliphatic carbocycles. The maximum atomic E-state index is 12.9. The Bertz CT molecular complexity index is 1030. The molecular weight excluding hydrogens is 394 g/mol. The molecule has 0 bridgehead atoms. The third-order valence-electron chi connectivity index (χ3n) is 4.57. The van der Waals surface area contributed by atoms with E-state index in [-0.39, 0.29) is 24.6 Å². The van der Waals surface area contributed by atoms with Crippen molar-refractivity contribution in [3.8, 4) is 11.4 Å². The summed E-state index contributed by atoms with van der Waals surface area (Å²) in [6.45, 7) is 8.03. The summed E-state index contributed by atoms with van der Waals surface area (Å²) in [6, 6.07) is 16.7. The van der Waals surface area contributed by atoms with Gasteiger partial charge in [0.2, 0.25) is 11.7 Å². The Morgan fingerprint density at radius 1 is 1.03 bits per heavy atom.